The summed E-state index contributed by atoms with van der Waals surface area (Å²) in [6, 6.07) is 1.92. The monoisotopic (exact) mass is 336 g/mol. The summed E-state index contributed by atoms with van der Waals surface area (Å²) < 4.78 is 1.81. The van der Waals surface area contributed by atoms with Crippen LogP contribution in [0.4, 0.5) is 5.82 Å². The first-order chi connectivity index (χ1) is 7.13. The Bertz CT molecular complexity index is 320. The number of anilines is 1. The molecule has 1 atom stereocenters. The molecular weight excluding hydrogens is 324 g/mol. The van der Waals surface area contributed by atoms with E-state index in [0.717, 1.165) is 27.6 Å². The van der Waals surface area contributed by atoms with Crippen LogP contribution in [0.5, 0.6) is 0 Å². The molecule has 3 nitrogen and oxygen atoms in total. The molecule has 2 N–H and O–H groups in total. The Hall–Kier alpha value is -0.130. The number of halogens is 2. The summed E-state index contributed by atoms with van der Waals surface area (Å²) in [4.78, 5) is 4.19. The van der Waals surface area contributed by atoms with Crippen molar-refractivity contribution in [2.24, 2.45) is 0 Å². The highest BCUT2D eigenvalue weighted by Gasteiger charge is 2.05. The van der Waals surface area contributed by atoms with Crippen molar-refractivity contribution < 1.29 is 5.11 Å². The largest absolute Gasteiger partial charge is 0.391 e. The van der Waals surface area contributed by atoms with Crippen LogP contribution in [0.1, 0.15) is 19.8 Å². The molecule has 0 bridgehead atoms. The average Bonchev–Trinajstić information content (AvgIpc) is 2.17. The minimum atomic E-state index is -0.313. The third kappa shape index (κ3) is 4.49. The van der Waals surface area contributed by atoms with Crippen LogP contribution in [0, 0.1) is 0 Å². The lowest BCUT2D eigenvalue weighted by molar-refractivity contribution is 0.176. The van der Waals surface area contributed by atoms with E-state index in [-0.39, 0.29) is 6.10 Å². The van der Waals surface area contributed by atoms with E-state index in [1.165, 1.54) is 0 Å². The van der Waals surface area contributed by atoms with E-state index >= 15 is 0 Å². The molecule has 1 heterocycles. The first-order valence-electron chi connectivity index (χ1n) is 4.86. The predicted molar refractivity (Wildman–Crippen MR) is 69.0 cm³/mol. The average molecular weight is 338 g/mol. The quantitative estimate of drug-likeness (QED) is 0.867. The molecule has 1 rings (SSSR count). The number of aliphatic hydroxyl groups excluding tert-OH is 1. The highest BCUT2D eigenvalue weighted by atomic mass is 79.9. The highest BCUT2D eigenvalue weighted by molar-refractivity contribution is 9.11. The number of nitrogens with one attached hydrogen (secondary N) is 1. The maximum absolute atomic E-state index is 9.54. The van der Waals surface area contributed by atoms with Crippen LogP contribution < -0.4 is 5.32 Å². The molecule has 0 aliphatic carbocycles. The zero-order valence-electron chi connectivity index (χ0n) is 8.50. The molecule has 0 aliphatic heterocycles. The summed E-state index contributed by atoms with van der Waals surface area (Å²) in [7, 11) is 0. The van der Waals surface area contributed by atoms with Gasteiger partial charge < -0.3 is 10.4 Å². The molecule has 0 fully saturated rings. The Morgan fingerprint density at radius 1 is 1.53 bits per heavy atom. The van der Waals surface area contributed by atoms with Gasteiger partial charge in [-0.15, -0.1) is 0 Å². The van der Waals surface area contributed by atoms with Crippen molar-refractivity contribution in [3.05, 3.63) is 21.2 Å². The normalized spacial score (nSPS) is 12.5. The first kappa shape index (κ1) is 12.9. The maximum Gasteiger partial charge on any atom is 0.140 e. The molecule has 0 radical (unpaired) electrons. The van der Waals surface area contributed by atoms with Crippen molar-refractivity contribution in [1.29, 1.82) is 0 Å². The predicted octanol–water partition coefficient (Wildman–Crippen LogP) is 3.18. The number of aliphatic hydroxyl groups is 1. The van der Waals surface area contributed by atoms with Gasteiger partial charge in [0.1, 0.15) is 5.82 Å². The fourth-order valence-corrected chi connectivity index (χ4v) is 2.32. The van der Waals surface area contributed by atoms with Gasteiger partial charge in [0.05, 0.1) is 10.6 Å². The zero-order chi connectivity index (χ0) is 11.3. The summed E-state index contributed by atoms with van der Waals surface area (Å²) in [5.41, 5.74) is 0. The van der Waals surface area contributed by atoms with Gasteiger partial charge in [-0.2, -0.15) is 0 Å². The van der Waals surface area contributed by atoms with E-state index in [1.54, 1.807) is 6.20 Å². The smallest absolute Gasteiger partial charge is 0.140 e. The molecule has 0 amide bonds. The minimum absolute atomic E-state index is 0.313. The van der Waals surface area contributed by atoms with Crippen LogP contribution in [-0.2, 0) is 0 Å². The van der Waals surface area contributed by atoms with E-state index < -0.39 is 0 Å². The number of pyridine rings is 1. The lowest BCUT2D eigenvalue weighted by atomic mass is 10.2. The van der Waals surface area contributed by atoms with Crippen molar-refractivity contribution in [2.75, 3.05) is 11.9 Å². The van der Waals surface area contributed by atoms with Gasteiger partial charge in [-0.25, -0.2) is 4.98 Å². The molecule has 0 saturated carbocycles. The van der Waals surface area contributed by atoms with Crippen LogP contribution in [0.2, 0.25) is 0 Å². The van der Waals surface area contributed by atoms with Gasteiger partial charge in [-0.3, -0.25) is 0 Å². The Balaban J connectivity index is 2.50. The Morgan fingerprint density at radius 2 is 2.27 bits per heavy atom. The highest BCUT2D eigenvalue weighted by Crippen LogP contribution is 2.23. The lowest BCUT2D eigenvalue weighted by Crippen LogP contribution is -2.19. The molecule has 0 aromatic carbocycles. The fraction of sp³-hybridized carbons (Fsp3) is 0.500. The van der Waals surface area contributed by atoms with Crippen molar-refractivity contribution in [1.82, 2.24) is 4.98 Å². The molecule has 84 valence electrons. The number of aromatic nitrogens is 1. The van der Waals surface area contributed by atoms with E-state index in [2.05, 4.69) is 49.1 Å². The summed E-state index contributed by atoms with van der Waals surface area (Å²) in [6.07, 6.45) is 3.20. The van der Waals surface area contributed by atoms with E-state index in [1.807, 2.05) is 6.07 Å². The number of hydrogen-bond donors (Lipinski definition) is 2. The van der Waals surface area contributed by atoms with Crippen molar-refractivity contribution in [3.8, 4) is 0 Å². The summed E-state index contributed by atoms with van der Waals surface area (Å²) in [5.74, 6) is 0.758. The summed E-state index contributed by atoms with van der Waals surface area (Å²) in [5, 5.41) is 12.6. The Kier molecular flexibility index (Phi) is 5.56. The molecule has 15 heavy (non-hydrogen) atoms. The molecule has 0 saturated heterocycles. The molecule has 5 heteroatoms. The van der Waals surface area contributed by atoms with Gasteiger partial charge >= 0.3 is 0 Å². The number of nitrogens with zero attached hydrogens (tertiary/aromatic N) is 1. The zero-order valence-corrected chi connectivity index (χ0v) is 11.7. The molecule has 1 unspecified atom stereocenters. The van der Waals surface area contributed by atoms with Crippen LogP contribution >= 0.6 is 31.9 Å². The molecule has 1 aromatic heterocycles. The van der Waals surface area contributed by atoms with Crippen LogP contribution in [0.25, 0.3) is 0 Å². The topological polar surface area (TPSA) is 45.1 Å². The van der Waals surface area contributed by atoms with Gasteiger partial charge in [-0.05, 0) is 44.3 Å². The van der Waals surface area contributed by atoms with E-state index in [4.69, 9.17) is 0 Å². The van der Waals surface area contributed by atoms with Gasteiger partial charge in [0.25, 0.3) is 0 Å². The number of rotatable bonds is 5. The van der Waals surface area contributed by atoms with Gasteiger partial charge in [-0.1, -0.05) is 13.3 Å². The Morgan fingerprint density at radius 3 is 2.87 bits per heavy atom. The fourth-order valence-electron chi connectivity index (χ4n) is 1.19. The molecule has 1 aromatic rings. The van der Waals surface area contributed by atoms with Gasteiger partial charge in [0, 0.05) is 17.2 Å². The first-order valence-corrected chi connectivity index (χ1v) is 6.45. The molecule has 0 aliphatic rings. The second-order valence-electron chi connectivity index (χ2n) is 3.31. The van der Waals surface area contributed by atoms with E-state index in [9.17, 15) is 5.11 Å². The molecule has 0 spiro atoms. The third-order valence-corrected chi connectivity index (χ3v) is 2.97. The van der Waals surface area contributed by atoms with Gasteiger partial charge in [0.2, 0.25) is 0 Å². The SMILES string of the molecule is CCCC(O)CNc1ncc(Br)cc1Br. The summed E-state index contributed by atoms with van der Waals surface area (Å²) in [6.45, 7) is 2.58. The lowest BCUT2D eigenvalue weighted by Gasteiger charge is -2.12. The van der Waals surface area contributed by atoms with Crippen LogP contribution in [0.15, 0.2) is 21.2 Å². The van der Waals surface area contributed by atoms with Crippen molar-refractivity contribution in [2.45, 2.75) is 25.9 Å². The van der Waals surface area contributed by atoms with E-state index in [0.29, 0.717) is 6.54 Å². The standard InChI is InChI=1S/C10H14Br2N2O/c1-2-3-8(15)6-14-10-9(12)4-7(11)5-13-10/h4-5,8,15H,2-3,6H2,1H3,(H,13,14). The minimum Gasteiger partial charge on any atom is -0.391 e. The van der Waals surface area contributed by atoms with Crippen molar-refractivity contribution in [3.63, 3.8) is 0 Å². The van der Waals surface area contributed by atoms with Gasteiger partial charge in [0.15, 0.2) is 0 Å². The summed E-state index contributed by atoms with van der Waals surface area (Å²) >= 11 is 6.73. The second-order valence-corrected chi connectivity index (χ2v) is 5.08. The third-order valence-electron chi connectivity index (χ3n) is 1.93. The second kappa shape index (κ2) is 6.45. The number of hydrogen-bond acceptors (Lipinski definition) is 3. The van der Waals surface area contributed by atoms with Crippen molar-refractivity contribution >= 4 is 37.7 Å². The van der Waals surface area contributed by atoms with Crippen LogP contribution in [-0.4, -0.2) is 22.7 Å². The maximum atomic E-state index is 9.54. The molecular formula is C10H14Br2N2O. The Labute approximate surface area is 107 Å². The van der Waals surface area contributed by atoms with Crippen LogP contribution in [0.3, 0.4) is 0 Å².